The van der Waals surface area contributed by atoms with Gasteiger partial charge in [-0.1, -0.05) is 24.3 Å². The van der Waals surface area contributed by atoms with Crippen LogP contribution in [0.4, 0.5) is 0 Å². The summed E-state index contributed by atoms with van der Waals surface area (Å²) in [5, 5.41) is 2.88. The number of ether oxygens (including phenoxy) is 1. The van der Waals surface area contributed by atoms with Gasteiger partial charge in [0.15, 0.2) is 0 Å². The predicted molar refractivity (Wildman–Crippen MR) is 98.8 cm³/mol. The number of hydrogen-bond donors (Lipinski definition) is 1. The average molecular weight is 374 g/mol. The highest BCUT2D eigenvalue weighted by atomic mass is 32.2. The minimum Gasteiger partial charge on any atom is -0.493 e. The van der Waals surface area contributed by atoms with Crippen LogP contribution in [0.5, 0.6) is 5.75 Å². The minimum absolute atomic E-state index is 0.102. The highest BCUT2D eigenvalue weighted by Crippen LogP contribution is 2.26. The molecule has 0 unspecified atom stereocenters. The lowest BCUT2D eigenvalue weighted by Gasteiger charge is -2.25. The monoisotopic (exact) mass is 374 g/mol. The molecule has 1 amide bonds. The van der Waals surface area contributed by atoms with E-state index in [1.54, 1.807) is 12.1 Å². The van der Waals surface area contributed by atoms with E-state index in [1.807, 2.05) is 24.3 Å². The maximum atomic E-state index is 12.4. The number of sulfonamides is 1. The van der Waals surface area contributed by atoms with Crippen molar-refractivity contribution in [2.75, 3.05) is 27.2 Å². The lowest BCUT2D eigenvalue weighted by atomic mass is 9.96. The highest BCUT2D eigenvalue weighted by molar-refractivity contribution is 7.89. The third kappa shape index (κ3) is 3.89. The normalized spacial score (nSPS) is 16.7. The summed E-state index contributed by atoms with van der Waals surface area (Å²) < 4.78 is 31.3. The van der Waals surface area contributed by atoms with Crippen LogP contribution in [0, 0.1) is 5.92 Å². The topological polar surface area (TPSA) is 75.7 Å². The third-order valence-corrected chi connectivity index (χ3v) is 6.19. The molecule has 1 aliphatic rings. The summed E-state index contributed by atoms with van der Waals surface area (Å²) in [6.45, 7) is 1.02. The standard InChI is InChI=1S/C19H22N2O4S/c1-21(2)26(23,24)17-8-5-7-16(11-17)19(22)20-12-14-10-15-6-3-4-9-18(15)25-13-14/h3-9,11,14H,10,12-13H2,1-2H3,(H,20,22)/t14-/m0/s1. The van der Waals surface area contributed by atoms with E-state index in [4.69, 9.17) is 4.74 Å². The number of para-hydroxylation sites is 1. The summed E-state index contributed by atoms with van der Waals surface area (Å²) >= 11 is 0. The molecule has 138 valence electrons. The Morgan fingerprint density at radius 3 is 2.73 bits per heavy atom. The molecule has 0 bridgehead atoms. The van der Waals surface area contributed by atoms with Crippen molar-refractivity contribution in [2.45, 2.75) is 11.3 Å². The van der Waals surface area contributed by atoms with Crippen molar-refractivity contribution < 1.29 is 17.9 Å². The van der Waals surface area contributed by atoms with E-state index in [0.717, 1.165) is 22.0 Å². The lowest BCUT2D eigenvalue weighted by Crippen LogP contribution is -2.34. The number of nitrogens with zero attached hydrogens (tertiary/aromatic N) is 1. The second-order valence-electron chi connectivity index (χ2n) is 6.51. The molecule has 0 fully saturated rings. The van der Waals surface area contributed by atoms with E-state index in [9.17, 15) is 13.2 Å². The smallest absolute Gasteiger partial charge is 0.251 e. The maximum Gasteiger partial charge on any atom is 0.251 e. The minimum atomic E-state index is -3.57. The SMILES string of the molecule is CN(C)S(=O)(=O)c1cccc(C(=O)NC[C@H]2COc3ccccc3C2)c1. The molecule has 6 nitrogen and oxygen atoms in total. The van der Waals surface area contributed by atoms with Gasteiger partial charge in [-0.15, -0.1) is 0 Å². The number of amides is 1. The number of hydrogen-bond acceptors (Lipinski definition) is 4. The number of fused-ring (bicyclic) bond motifs is 1. The molecule has 0 spiro atoms. The van der Waals surface area contributed by atoms with Crippen LogP contribution in [0.3, 0.4) is 0 Å². The van der Waals surface area contributed by atoms with Crippen LogP contribution in [0.2, 0.25) is 0 Å². The Bertz CT molecular complexity index is 909. The van der Waals surface area contributed by atoms with Crippen LogP contribution in [0.25, 0.3) is 0 Å². The Balaban J connectivity index is 1.65. The van der Waals surface area contributed by atoms with Crippen molar-refractivity contribution >= 4 is 15.9 Å². The van der Waals surface area contributed by atoms with E-state index >= 15 is 0 Å². The van der Waals surface area contributed by atoms with Gasteiger partial charge in [-0.25, -0.2) is 12.7 Å². The van der Waals surface area contributed by atoms with Gasteiger partial charge in [-0.2, -0.15) is 0 Å². The molecular formula is C19H22N2O4S. The van der Waals surface area contributed by atoms with Crippen molar-refractivity contribution in [1.29, 1.82) is 0 Å². The highest BCUT2D eigenvalue weighted by Gasteiger charge is 2.21. The summed E-state index contributed by atoms with van der Waals surface area (Å²) in [6.07, 6.45) is 0.839. The fraction of sp³-hybridized carbons (Fsp3) is 0.316. The molecule has 1 aliphatic heterocycles. The van der Waals surface area contributed by atoms with Crippen LogP contribution in [0.15, 0.2) is 53.4 Å². The summed E-state index contributed by atoms with van der Waals surface area (Å²) in [5.41, 5.74) is 1.46. The first-order chi connectivity index (χ1) is 12.4. The van der Waals surface area contributed by atoms with Crippen molar-refractivity contribution in [1.82, 2.24) is 9.62 Å². The molecule has 26 heavy (non-hydrogen) atoms. The molecule has 0 aliphatic carbocycles. The third-order valence-electron chi connectivity index (χ3n) is 4.38. The van der Waals surface area contributed by atoms with Gasteiger partial charge >= 0.3 is 0 Å². The van der Waals surface area contributed by atoms with Gasteiger partial charge < -0.3 is 10.1 Å². The first-order valence-electron chi connectivity index (χ1n) is 8.39. The molecule has 2 aromatic carbocycles. The molecule has 1 N–H and O–H groups in total. The van der Waals surface area contributed by atoms with Crippen LogP contribution < -0.4 is 10.1 Å². The zero-order chi connectivity index (χ0) is 18.7. The first-order valence-corrected chi connectivity index (χ1v) is 9.83. The van der Waals surface area contributed by atoms with Crippen LogP contribution >= 0.6 is 0 Å². The zero-order valence-corrected chi connectivity index (χ0v) is 15.6. The van der Waals surface area contributed by atoms with Gasteiger partial charge in [0, 0.05) is 32.1 Å². The summed E-state index contributed by atoms with van der Waals surface area (Å²) in [7, 11) is -0.646. The van der Waals surface area contributed by atoms with Crippen LogP contribution in [-0.2, 0) is 16.4 Å². The predicted octanol–water partition coefficient (Wildman–Crippen LogP) is 1.92. The number of benzene rings is 2. The number of carbonyl (C=O) groups excluding carboxylic acids is 1. The Kier molecular flexibility index (Phi) is 5.29. The molecule has 2 aromatic rings. The van der Waals surface area contributed by atoms with Crippen molar-refractivity contribution in [3.05, 3.63) is 59.7 Å². The Morgan fingerprint density at radius 2 is 1.96 bits per heavy atom. The molecule has 3 rings (SSSR count). The molecule has 0 aromatic heterocycles. The Labute approximate surface area is 153 Å². The van der Waals surface area contributed by atoms with E-state index in [0.29, 0.717) is 18.7 Å². The van der Waals surface area contributed by atoms with E-state index in [-0.39, 0.29) is 16.7 Å². The fourth-order valence-corrected chi connectivity index (χ4v) is 3.82. The largest absolute Gasteiger partial charge is 0.493 e. The van der Waals surface area contributed by atoms with E-state index in [2.05, 4.69) is 5.32 Å². The summed E-state index contributed by atoms with van der Waals surface area (Å²) in [4.78, 5) is 12.5. The van der Waals surface area contributed by atoms with Gasteiger partial charge in [-0.05, 0) is 36.2 Å². The molecule has 0 radical (unpaired) electrons. The fourth-order valence-electron chi connectivity index (χ4n) is 2.87. The number of carbonyl (C=O) groups is 1. The van der Waals surface area contributed by atoms with E-state index < -0.39 is 10.0 Å². The van der Waals surface area contributed by atoms with Gasteiger partial charge in [0.2, 0.25) is 10.0 Å². The molecule has 1 heterocycles. The Hall–Kier alpha value is -2.38. The van der Waals surface area contributed by atoms with Crippen molar-refractivity contribution in [3.63, 3.8) is 0 Å². The van der Waals surface area contributed by atoms with Crippen molar-refractivity contribution in [2.24, 2.45) is 5.92 Å². The quantitative estimate of drug-likeness (QED) is 0.868. The second kappa shape index (κ2) is 7.47. The summed E-state index contributed by atoms with van der Waals surface area (Å²) in [6, 6.07) is 14.0. The zero-order valence-electron chi connectivity index (χ0n) is 14.8. The second-order valence-corrected chi connectivity index (χ2v) is 8.67. The molecule has 1 atom stereocenters. The molecule has 0 saturated carbocycles. The molecular weight excluding hydrogens is 352 g/mol. The van der Waals surface area contributed by atoms with Gasteiger partial charge in [0.05, 0.1) is 11.5 Å². The molecule has 0 saturated heterocycles. The van der Waals surface area contributed by atoms with Gasteiger partial charge in [0.25, 0.3) is 5.91 Å². The average Bonchev–Trinajstić information content (AvgIpc) is 2.66. The van der Waals surface area contributed by atoms with Crippen LogP contribution in [0.1, 0.15) is 15.9 Å². The van der Waals surface area contributed by atoms with Crippen molar-refractivity contribution in [3.8, 4) is 5.75 Å². The first kappa shape index (κ1) is 18.4. The summed E-state index contributed by atoms with van der Waals surface area (Å²) in [5.74, 6) is 0.791. The lowest BCUT2D eigenvalue weighted by molar-refractivity contribution is 0.0939. The number of rotatable bonds is 5. The van der Waals surface area contributed by atoms with Crippen LogP contribution in [-0.4, -0.2) is 45.9 Å². The van der Waals surface area contributed by atoms with E-state index in [1.165, 1.54) is 26.2 Å². The van der Waals surface area contributed by atoms with Gasteiger partial charge in [-0.3, -0.25) is 4.79 Å². The van der Waals surface area contributed by atoms with Gasteiger partial charge in [0.1, 0.15) is 5.75 Å². The maximum absolute atomic E-state index is 12.4. The molecule has 7 heteroatoms. The number of nitrogens with one attached hydrogen (secondary N) is 1. The Morgan fingerprint density at radius 1 is 1.19 bits per heavy atom.